The predicted octanol–water partition coefficient (Wildman–Crippen LogP) is 0.706. The van der Waals surface area contributed by atoms with Gasteiger partial charge in [0.15, 0.2) is 0 Å². The smallest absolute Gasteiger partial charge is 0.239 e. The Hall–Kier alpha value is -1.62. The van der Waals surface area contributed by atoms with Gasteiger partial charge >= 0.3 is 0 Å². The third-order valence-electron chi connectivity index (χ3n) is 3.27. The van der Waals surface area contributed by atoms with E-state index in [4.69, 9.17) is 0 Å². The number of hydrogen-bond acceptors (Lipinski definition) is 4. The number of nitrogens with zero attached hydrogens (tertiary/aromatic N) is 1. The molecule has 0 aliphatic carbocycles. The Morgan fingerprint density at radius 3 is 3.00 bits per heavy atom. The fraction of sp³-hybridized carbons (Fsp3) is 0.538. The molecule has 1 saturated heterocycles. The van der Waals surface area contributed by atoms with Crippen molar-refractivity contribution < 1.29 is 4.79 Å². The zero-order valence-electron chi connectivity index (χ0n) is 10.7. The van der Waals surface area contributed by atoms with Crippen LogP contribution < -0.4 is 16.0 Å². The maximum atomic E-state index is 11.2. The Labute approximate surface area is 107 Å². The van der Waals surface area contributed by atoms with E-state index in [1.54, 1.807) is 7.05 Å². The summed E-state index contributed by atoms with van der Waals surface area (Å²) in [7, 11) is 1.64. The zero-order valence-corrected chi connectivity index (χ0v) is 10.7. The van der Waals surface area contributed by atoms with Gasteiger partial charge in [-0.2, -0.15) is 0 Å². The summed E-state index contributed by atoms with van der Waals surface area (Å²) >= 11 is 0. The third-order valence-corrected chi connectivity index (χ3v) is 3.27. The number of likely N-dealkylation sites (N-methyl/N-ethyl adjacent to an activating group) is 1. The monoisotopic (exact) mass is 248 g/mol. The SMILES string of the molecule is CNC(=O)CNc1ccnc(C2CCNCC2)c1. The minimum absolute atomic E-state index is 0.0183. The Kier molecular flexibility index (Phi) is 4.52. The van der Waals surface area contributed by atoms with Gasteiger partial charge < -0.3 is 16.0 Å². The van der Waals surface area contributed by atoms with Crippen LogP contribution in [-0.2, 0) is 4.79 Å². The first kappa shape index (κ1) is 12.8. The van der Waals surface area contributed by atoms with E-state index in [0.29, 0.717) is 12.5 Å². The summed E-state index contributed by atoms with van der Waals surface area (Å²) in [5.74, 6) is 0.517. The highest BCUT2D eigenvalue weighted by Gasteiger charge is 2.16. The molecule has 2 heterocycles. The van der Waals surface area contributed by atoms with Gasteiger partial charge in [-0.05, 0) is 38.1 Å². The molecule has 5 heteroatoms. The van der Waals surface area contributed by atoms with Crippen LogP contribution in [0.2, 0.25) is 0 Å². The second kappa shape index (κ2) is 6.35. The quantitative estimate of drug-likeness (QED) is 0.734. The van der Waals surface area contributed by atoms with Crippen molar-refractivity contribution in [2.75, 3.05) is 32.0 Å². The molecule has 0 unspecified atom stereocenters. The maximum Gasteiger partial charge on any atom is 0.239 e. The van der Waals surface area contributed by atoms with Crippen LogP contribution in [0.4, 0.5) is 5.69 Å². The van der Waals surface area contributed by atoms with Crippen LogP contribution in [0.25, 0.3) is 0 Å². The van der Waals surface area contributed by atoms with Crippen molar-refractivity contribution in [3.05, 3.63) is 24.0 Å². The average Bonchev–Trinajstić information content (AvgIpc) is 2.46. The molecule has 0 bridgehead atoms. The summed E-state index contributed by atoms with van der Waals surface area (Å²) in [6.45, 7) is 2.41. The molecule has 2 rings (SSSR count). The molecule has 0 radical (unpaired) electrons. The van der Waals surface area contributed by atoms with Crippen LogP contribution >= 0.6 is 0 Å². The summed E-state index contributed by atoms with van der Waals surface area (Å²) in [5.41, 5.74) is 2.08. The standard InChI is InChI=1S/C13H20N4O/c1-14-13(18)9-17-11-4-7-16-12(8-11)10-2-5-15-6-3-10/h4,7-8,10,15H,2-3,5-6,9H2,1H3,(H,14,18)(H,16,17). The van der Waals surface area contributed by atoms with Crippen LogP contribution in [0.5, 0.6) is 0 Å². The number of amides is 1. The van der Waals surface area contributed by atoms with E-state index < -0.39 is 0 Å². The molecule has 0 spiro atoms. The van der Waals surface area contributed by atoms with Crippen molar-refractivity contribution in [1.29, 1.82) is 0 Å². The fourth-order valence-corrected chi connectivity index (χ4v) is 2.17. The van der Waals surface area contributed by atoms with Gasteiger partial charge in [0.05, 0.1) is 6.54 Å². The number of carbonyl (C=O) groups excluding carboxylic acids is 1. The van der Waals surface area contributed by atoms with Crippen LogP contribution in [-0.4, -0.2) is 37.6 Å². The summed E-state index contributed by atoms with van der Waals surface area (Å²) < 4.78 is 0. The molecule has 1 fully saturated rings. The lowest BCUT2D eigenvalue weighted by molar-refractivity contribution is -0.118. The third kappa shape index (κ3) is 3.43. The van der Waals surface area contributed by atoms with Crippen molar-refractivity contribution in [3.8, 4) is 0 Å². The number of aromatic nitrogens is 1. The Morgan fingerprint density at radius 1 is 1.50 bits per heavy atom. The van der Waals surface area contributed by atoms with Crippen LogP contribution in [0.3, 0.4) is 0 Å². The van der Waals surface area contributed by atoms with E-state index in [9.17, 15) is 4.79 Å². The Bertz CT molecular complexity index is 402. The van der Waals surface area contributed by atoms with E-state index in [1.165, 1.54) is 0 Å². The van der Waals surface area contributed by atoms with Gasteiger partial charge in [0, 0.05) is 30.5 Å². The second-order valence-corrected chi connectivity index (χ2v) is 4.52. The van der Waals surface area contributed by atoms with Crippen LogP contribution in [0.15, 0.2) is 18.3 Å². The van der Waals surface area contributed by atoms with Gasteiger partial charge in [0.1, 0.15) is 0 Å². The maximum absolute atomic E-state index is 11.2. The van der Waals surface area contributed by atoms with Gasteiger partial charge in [-0.25, -0.2) is 0 Å². The Balaban J connectivity index is 1.98. The number of pyridine rings is 1. The fourth-order valence-electron chi connectivity index (χ4n) is 2.17. The van der Waals surface area contributed by atoms with E-state index in [2.05, 4.69) is 27.0 Å². The van der Waals surface area contributed by atoms with Gasteiger partial charge in [-0.3, -0.25) is 9.78 Å². The zero-order chi connectivity index (χ0) is 12.8. The second-order valence-electron chi connectivity index (χ2n) is 4.52. The lowest BCUT2D eigenvalue weighted by Gasteiger charge is -2.22. The summed E-state index contributed by atoms with van der Waals surface area (Å²) in [6.07, 6.45) is 4.07. The average molecular weight is 248 g/mol. The molecule has 0 atom stereocenters. The number of piperidine rings is 1. The highest BCUT2D eigenvalue weighted by Crippen LogP contribution is 2.24. The molecular weight excluding hydrogens is 228 g/mol. The summed E-state index contributed by atoms with van der Waals surface area (Å²) in [4.78, 5) is 15.6. The lowest BCUT2D eigenvalue weighted by atomic mass is 9.94. The molecule has 5 nitrogen and oxygen atoms in total. The highest BCUT2D eigenvalue weighted by atomic mass is 16.1. The van der Waals surface area contributed by atoms with Crippen molar-refractivity contribution in [2.45, 2.75) is 18.8 Å². The number of hydrogen-bond donors (Lipinski definition) is 3. The van der Waals surface area contributed by atoms with E-state index in [-0.39, 0.29) is 5.91 Å². The molecule has 3 N–H and O–H groups in total. The van der Waals surface area contributed by atoms with Gasteiger partial charge in [0.2, 0.25) is 5.91 Å². The topological polar surface area (TPSA) is 66.0 Å². The molecule has 1 aromatic rings. The molecule has 1 amide bonds. The first-order valence-corrected chi connectivity index (χ1v) is 6.40. The van der Waals surface area contributed by atoms with E-state index >= 15 is 0 Å². The first-order valence-electron chi connectivity index (χ1n) is 6.40. The summed E-state index contributed by atoms with van der Waals surface area (Å²) in [5, 5.41) is 9.05. The Morgan fingerprint density at radius 2 is 2.28 bits per heavy atom. The number of carbonyl (C=O) groups is 1. The molecule has 98 valence electrons. The molecule has 0 aromatic carbocycles. The van der Waals surface area contributed by atoms with Crippen molar-refractivity contribution in [2.24, 2.45) is 0 Å². The van der Waals surface area contributed by atoms with Crippen molar-refractivity contribution in [3.63, 3.8) is 0 Å². The number of nitrogens with one attached hydrogen (secondary N) is 3. The number of rotatable bonds is 4. The van der Waals surface area contributed by atoms with Crippen LogP contribution in [0.1, 0.15) is 24.5 Å². The van der Waals surface area contributed by atoms with Gasteiger partial charge in [-0.1, -0.05) is 0 Å². The summed E-state index contributed by atoms with van der Waals surface area (Å²) in [6, 6.07) is 3.95. The lowest BCUT2D eigenvalue weighted by Crippen LogP contribution is -2.27. The molecule has 18 heavy (non-hydrogen) atoms. The first-order chi connectivity index (χ1) is 8.79. The minimum Gasteiger partial charge on any atom is -0.376 e. The largest absolute Gasteiger partial charge is 0.376 e. The van der Waals surface area contributed by atoms with Crippen LogP contribution in [0, 0.1) is 0 Å². The van der Waals surface area contributed by atoms with E-state index in [0.717, 1.165) is 37.3 Å². The number of anilines is 1. The van der Waals surface area contributed by atoms with E-state index in [1.807, 2.05) is 12.3 Å². The highest BCUT2D eigenvalue weighted by molar-refractivity contribution is 5.80. The predicted molar refractivity (Wildman–Crippen MR) is 71.6 cm³/mol. The molecule has 1 aromatic heterocycles. The molecule has 1 aliphatic rings. The molecule has 0 saturated carbocycles. The van der Waals surface area contributed by atoms with Crippen molar-refractivity contribution >= 4 is 11.6 Å². The van der Waals surface area contributed by atoms with Gasteiger partial charge in [-0.15, -0.1) is 0 Å². The normalized spacial score (nSPS) is 16.3. The minimum atomic E-state index is -0.0183. The van der Waals surface area contributed by atoms with Crippen molar-refractivity contribution in [1.82, 2.24) is 15.6 Å². The van der Waals surface area contributed by atoms with Gasteiger partial charge in [0.25, 0.3) is 0 Å². The molecule has 1 aliphatic heterocycles. The molecular formula is C13H20N4O.